The minimum Gasteiger partial charge on any atom is -0.353 e. The molecule has 0 spiro atoms. The van der Waals surface area contributed by atoms with Crippen LogP contribution in [0.2, 0.25) is 0 Å². The summed E-state index contributed by atoms with van der Waals surface area (Å²) in [5.41, 5.74) is 3.90. The summed E-state index contributed by atoms with van der Waals surface area (Å²) >= 11 is 0. The van der Waals surface area contributed by atoms with E-state index in [0.717, 1.165) is 47.2 Å². The van der Waals surface area contributed by atoms with Crippen molar-refractivity contribution in [2.45, 2.75) is 27.7 Å². The highest BCUT2D eigenvalue weighted by molar-refractivity contribution is 5.94. The normalized spacial score (nSPS) is 14.3. The maximum Gasteiger partial charge on any atom is 0.253 e. The van der Waals surface area contributed by atoms with Crippen LogP contribution in [0.1, 0.15) is 33.1 Å². The van der Waals surface area contributed by atoms with Gasteiger partial charge in [0.25, 0.3) is 5.91 Å². The molecule has 1 aliphatic heterocycles. The molecule has 150 valence electrons. The van der Waals surface area contributed by atoms with Crippen LogP contribution < -0.4 is 4.90 Å². The molecule has 1 amide bonds. The van der Waals surface area contributed by atoms with Crippen molar-refractivity contribution in [1.29, 1.82) is 0 Å². The van der Waals surface area contributed by atoms with E-state index in [9.17, 15) is 4.79 Å². The predicted octanol–water partition coefficient (Wildman–Crippen LogP) is 2.86. The molecule has 0 bridgehead atoms. The molecule has 7 nitrogen and oxygen atoms in total. The molecule has 1 saturated heterocycles. The van der Waals surface area contributed by atoms with Gasteiger partial charge in [0.1, 0.15) is 11.6 Å². The van der Waals surface area contributed by atoms with Crippen LogP contribution in [0.4, 0.5) is 5.82 Å². The van der Waals surface area contributed by atoms with Gasteiger partial charge in [0.05, 0.1) is 5.69 Å². The number of rotatable bonds is 3. The fourth-order valence-electron chi connectivity index (χ4n) is 3.69. The van der Waals surface area contributed by atoms with Crippen LogP contribution >= 0.6 is 0 Å². The third-order valence-electron chi connectivity index (χ3n) is 5.23. The number of anilines is 1. The van der Waals surface area contributed by atoms with Gasteiger partial charge in [-0.25, -0.2) is 14.6 Å². The largest absolute Gasteiger partial charge is 0.353 e. The van der Waals surface area contributed by atoms with E-state index in [1.165, 1.54) is 0 Å². The van der Waals surface area contributed by atoms with Crippen LogP contribution in [0.15, 0.2) is 36.4 Å². The third kappa shape index (κ3) is 3.99. The van der Waals surface area contributed by atoms with Crippen LogP contribution in [0.25, 0.3) is 5.82 Å². The Balaban J connectivity index is 1.49. The van der Waals surface area contributed by atoms with E-state index >= 15 is 0 Å². The summed E-state index contributed by atoms with van der Waals surface area (Å²) < 4.78 is 1.85. The Bertz CT molecular complexity index is 1030. The number of hydrogen-bond donors (Lipinski definition) is 0. The molecule has 4 rings (SSSR count). The Kier molecular flexibility index (Phi) is 5.05. The molecule has 0 unspecified atom stereocenters. The van der Waals surface area contributed by atoms with Crippen molar-refractivity contribution in [3.63, 3.8) is 0 Å². The molecule has 3 aromatic rings. The number of benzene rings is 1. The lowest BCUT2D eigenvalue weighted by atomic mass is 10.1. The lowest BCUT2D eigenvalue weighted by Crippen LogP contribution is -2.49. The summed E-state index contributed by atoms with van der Waals surface area (Å²) in [5, 5.41) is 4.54. The summed E-state index contributed by atoms with van der Waals surface area (Å²) in [6.07, 6.45) is 0. The van der Waals surface area contributed by atoms with Gasteiger partial charge in [0.2, 0.25) is 0 Å². The van der Waals surface area contributed by atoms with Gasteiger partial charge >= 0.3 is 0 Å². The molecular formula is C22H26N6O. The minimum atomic E-state index is 0.0897. The molecule has 0 aliphatic carbocycles. The Morgan fingerprint density at radius 2 is 1.52 bits per heavy atom. The standard InChI is InChI=1S/C22H26N6O/c1-15-5-7-19(8-6-15)22(29)27-11-9-26(10-12-27)20-14-21(24-18(4)23-20)28-17(3)13-16(2)25-28/h5-8,13-14H,9-12H2,1-4H3. The molecular weight excluding hydrogens is 364 g/mol. The Labute approximate surface area is 171 Å². The molecule has 0 radical (unpaired) electrons. The highest BCUT2D eigenvalue weighted by atomic mass is 16.2. The average Bonchev–Trinajstić information content (AvgIpc) is 3.06. The highest BCUT2D eigenvalue weighted by Crippen LogP contribution is 2.19. The molecule has 0 N–H and O–H groups in total. The molecule has 1 aliphatic rings. The summed E-state index contributed by atoms with van der Waals surface area (Å²) in [4.78, 5) is 26.1. The second-order valence-electron chi connectivity index (χ2n) is 7.62. The Morgan fingerprint density at radius 1 is 0.862 bits per heavy atom. The fraction of sp³-hybridized carbons (Fsp3) is 0.364. The van der Waals surface area contributed by atoms with Gasteiger partial charge in [-0.15, -0.1) is 0 Å². The zero-order chi connectivity index (χ0) is 20.5. The van der Waals surface area contributed by atoms with Gasteiger partial charge in [0.15, 0.2) is 5.82 Å². The number of aromatic nitrogens is 4. The van der Waals surface area contributed by atoms with Gasteiger partial charge in [-0.05, 0) is 45.9 Å². The molecule has 1 fully saturated rings. The minimum absolute atomic E-state index is 0.0897. The summed E-state index contributed by atoms with van der Waals surface area (Å²) in [5.74, 6) is 2.45. The molecule has 1 aromatic carbocycles. The molecule has 29 heavy (non-hydrogen) atoms. The molecule has 0 saturated carbocycles. The first-order valence-corrected chi connectivity index (χ1v) is 9.91. The summed E-state index contributed by atoms with van der Waals surface area (Å²) in [6, 6.07) is 11.8. The maximum atomic E-state index is 12.8. The monoisotopic (exact) mass is 390 g/mol. The first kappa shape index (κ1) is 19.1. The predicted molar refractivity (Wildman–Crippen MR) is 113 cm³/mol. The van der Waals surface area contributed by atoms with Crippen LogP contribution in [0.5, 0.6) is 0 Å². The number of aryl methyl sites for hydroxylation is 4. The average molecular weight is 390 g/mol. The molecule has 3 heterocycles. The van der Waals surface area contributed by atoms with Gasteiger partial charge < -0.3 is 9.80 Å². The summed E-state index contributed by atoms with van der Waals surface area (Å²) in [6.45, 7) is 10.7. The van der Waals surface area contributed by atoms with E-state index in [4.69, 9.17) is 0 Å². The van der Waals surface area contributed by atoms with Crippen molar-refractivity contribution in [2.75, 3.05) is 31.1 Å². The lowest BCUT2D eigenvalue weighted by Gasteiger charge is -2.35. The Morgan fingerprint density at radius 3 is 2.14 bits per heavy atom. The van der Waals surface area contributed by atoms with E-state index in [1.807, 2.05) is 73.7 Å². The van der Waals surface area contributed by atoms with Gasteiger partial charge in [-0.3, -0.25) is 4.79 Å². The van der Waals surface area contributed by atoms with E-state index < -0.39 is 0 Å². The maximum absolute atomic E-state index is 12.8. The van der Waals surface area contributed by atoms with Crippen molar-refractivity contribution in [2.24, 2.45) is 0 Å². The smallest absolute Gasteiger partial charge is 0.253 e. The number of nitrogens with zero attached hydrogens (tertiary/aromatic N) is 6. The fourth-order valence-corrected chi connectivity index (χ4v) is 3.69. The second-order valence-corrected chi connectivity index (χ2v) is 7.62. The summed E-state index contributed by atoms with van der Waals surface area (Å²) in [7, 11) is 0. The van der Waals surface area contributed by atoms with Crippen molar-refractivity contribution in [3.05, 3.63) is 64.7 Å². The first-order valence-electron chi connectivity index (χ1n) is 9.91. The van der Waals surface area contributed by atoms with E-state index in [-0.39, 0.29) is 5.91 Å². The number of carbonyl (C=O) groups excluding carboxylic acids is 1. The van der Waals surface area contributed by atoms with Gasteiger partial charge in [-0.2, -0.15) is 5.10 Å². The topological polar surface area (TPSA) is 67.2 Å². The van der Waals surface area contributed by atoms with E-state index in [1.54, 1.807) is 0 Å². The van der Waals surface area contributed by atoms with Crippen LogP contribution in [0, 0.1) is 27.7 Å². The quantitative estimate of drug-likeness (QED) is 0.688. The SMILES string of the molecule is Cc1ccc(C(=O)N2CCN(c3cc(-n4nc(C)cc4C)nc(C)n3)CC2)cc1. The molecule has 2 aromatic heterocycles. The van der Waals surface area contributed by atoms with Crippen molar-refractivity contribution in [3.8, 4) is 5.82 Å². The second kappa shape index (κ2) is 7.66. The number of carbonyl (C=O) groups is 1. The highest BCUT2D eigenvalue weighted by Gasteiger charge is 2.23. The van der Waals surface area contributed by atoms with Crippen LogP contribution in [-0.4, -0.2) is 56.7 Å². The third-order valence-corrected chi connectivity index (χ3v) is 5.23. The van der Waals surface area contributed by atoms with Crippen molar-refractivity contribution >= 4 is 11.7 Å². The van der Waals surface area contributed by atoms with Crippen LogP contribution in [0.3, 0.4) is 0 Å². The number of amides is 1. The van der Waals surface area contributed by atoms with E-state index in [0.29, 0.717) is 18.9 Å². The lowest BCUT2D eigenvalue weighted by molar-refractivity contribution is 0.0746. The zero-order valence-electron chi connectivity index (χ0n) is 17.4. The van der Waals surface area contributed by atoms with Crippen molar-refractivity contribution < 1.29 is 4.79 Å². The zero-order valence-corrected chi connectivity index (χ0v) is 17.4. The number of hydrogen-bond acceptors (Lipinski definition) is 5. The Hall–Kier alpha value is -3.22. The molecule has 7 heteroatoms. The van der Waals surface area contributed by atoms with Gasteiger partial charge in [-0.1, -0.05) is 17.7 Å². The van der Waals surface area contributed by atoms with E-state index in [2.05, 4.69) is 20.0 Å². The van der Waals surface area contributed by atoms with Gasteiger partial charge in [0, 0.05) is 43.5 Å². The van der Waals surface area contributed by atoms with Crippen molar-refractivity contribution in [1.82, 2.24) is 24.6 Å². The first-order chi connectivity index (χ1) is 13.9. The number of piperazine rings is 1. The van der Waals surface area contributed by atoms with Crippen LogP contribution in [-0.2, 0) is 0 Å². The molecule has 0 atom stereocenters.